The molecular weight excluding hydrogens is 903 g/mol. The predicted octanol–water partition coefficient (Wildman–Crippen LogP) is 10.0. The van der Waals surface area contributed by atoms with Crippen LogP contribution < -0.4 is 9.47 Å². The highest BCUT2D eigenvalue weighted by Crippen LogP contribution is 2.40. The van der Waals surface area contributed by atoms with Crippen molar-refractivity contribution in [2.75, 3.05) is 53.0 Å². The summed E-state index contributed by atoms with van der Waals surface area (Å²) in [5, 5.41) is 15.8. The number of ketones is 1. The lowest BCUT2D eigenvalue weighted by Crippen LogP contribution is -2.45. The summed E-state index contributed by atoms with van der Waals surface area (Å²) >= 11 is 0. The zero-order chi connectivity index (χ0) is 52.2. The van der Waals surface area contributed by atoms with Crippen molar-refractivity contribution in [3.63, 3.8) is 0 Å². The highest BCUT2D eigenvalue weighted by molar-refractivity contribution is 6.13. The highest BCUT2D eigenvalue weighted by Gasteiger charge is 2.31. The number of imide groups is 1. The van der Waals surface area contributed by atoms with Crippen LogP contribution in [0.25, 0.3) is 28.1 Å². The second kappa shape index (κ2) is 25.0. The lowest BCUT2D eigenvalue weighted by molar-refractivity contribution is -0.117. The molecule has 7 rings (SSSR count). The Morgan fingerprint density at radius 1 is 0.917 bits per heavy atom. The molecule has 5 aromatic rings. The van der Waals surface area contributed by atoms with E-state index in [4.69, 9.17) is 14.6 Å². The van der Waals surface area contributed by atoms with Crippen LogP contribution in [0.15, 0.2) is 78.9 Å². The number of hydrogen-bond acceptors (Lipinski definition) is 10. The van der Waals surface area contributed by atoms with Crippen molar-refractivity contribution in [3.05, 3.63) is 129 Å². The number of nitrogens with zero attached hydrogens (tertiary/aromatic N) is 7. The third kappa shape index (κ3) is 12.4. The number of amides is 2. The van der Waals surface area contributed by atoms with Crippen LogP contribution in [0.3, 0.4) is 0 Å². The molecule has 0 bridgehead atoms. The molecule has 13 heteroatoms. The molecule has 2 aliphatic rings. The van der Waals surface area contributed by atoms with Crippen LogP contribution in [-0.2, 0) is 36.0 Å². The third-order valence-corrected chi connectivity index (χ3v) is 14.2. The van der Waals surface area contributed by atoms with Gasteiger partial charge in [-0.1, -0.05) is 80.1 Å². The van der Waals surface area contributed by atoms with Crippen molar-refractivity contribution in [1.29, 1.82) is 5.26 Å². The van der Waals surface area contributed by atoms with Gasteiger partial charge in [-0.05, 0) is 120 Å². The van der Waals surface area contributed by atoms with E-state index in [2.05, 4.69) is 91.8 Å². The Balaban J connectivity index is 0.000000270. The molecule has 1 atom stereocenters. The van der Waals surface area contributed by atoms with Crippen molar-refractivity contribution in [3.8, 4) is 28.7 Å². The van der Waals surface area contributed by atoms with Crippen molar-refractivity contribution in [1.82, 2.24) is 29.0 Å². The molecule has 1 aliphatic carbocycles. The number of Topliss-reactive ketones (excluding diaryl/α,β-unsaturated/α-hetero) is 1. The molecule has 3 aromatic carbocycles. The van der Waals surface area contributed by atoms with Gasteiger partial charge < -0.3 is 18.9 Å². The number of ether oxygens (including phenoxy) is 2. The number of fused-ring (bicyclic) bond motifs is 2. The van der Waals surface area contributed by atoms with Crippen molar-refractivity contribution in [2.24, 2.45) is 13.0 Å². The molecule has 0 saturated carbocycles. The molecule has 1 aliphatic heterocycles. The summed E-state index contributed by atoms with van der Waals surface area (Å²) in [5.41, 5.74) is 13.1. The van der Waals surface area contributed by atoms with E-state index in [-0.39, 0.29) is 23.8 Å². The highest BCUT2D eigenvalue weighted by atomic mass is 16.5. The van der Waals surface area contributed by atoms with Gasteiger partial charge in [0.2, 0.25) is 6.41 Å². The number of nitriles is 1. The maximum Gasteiger partial charge on any atom is 0.278 e. The molecule has 3 heterocycles. The number of piperazine rings is 1. The van der Waals surface area contributed by atoms with Gasteiger partial charge in [-0.3, -0.25) is 33.7 Å². The van der Waals surface area contributed by atoms with Gasteiger partial charge in [-0.25, -0.2) is 0 Å². The number of aryl methyl sites for hydroxylation is 6. The number of carbonyl (C=O) groups excluding carboxylic acids is 4. The number of rotatable bonds is 21. The topological polar surface area (TPSA) is 143 Å². The number of hydrogen-bond donors (Lipinski definition) is 0. The molecule has 13 nitrogen and oxygen atoms in total. The van der Waals surface area contributed by atoms with Crippen LogP contribution in [0.2, 0.25) is 0 Å². The first kappa shape index (κ1) is 54.5. The molecule has 1 unspecified atom stereocenters. The number of carbonyl (C=O) groups is 4. The van der Waals surface area contributed by atoms with Gasteiger partial charge in [0.15, 0.2) is 6.29 Å². The summed E-state index contributed by atoms with van der Waals surface area (Å²) in [5.74, 6) is 0.362. The minimum Gasteiger partial charge on any atom is -0.493 e. The fourth-order valence-electron chi connectivity index (χ4n) is 9.99. The van der Waals surface area contributed by atoms with Crippen LogP contribution >= 0.6 is 0 Å². The monoisotopic (exact) mass is 976 g/mol. The van der Waals surface area contributed by atoms with Crippen LogP contribution in [-0.4, -0.2) is 112 Å². The fourth-order valence-corrected chi connectivity index (χ4v) is 9.99. The van der Waals surface area contributed by atoms with Crippen LogP contribution in [0.1, 0.15) is 107 Å². The van der Waals surface area contributed by atoms with E-state index >= 15 is 0 Å². The Morgan fingerprint density at radius 3 is 2.29 bits per heavy atom. The molecule has 1 saturated heterocycles. The first-order chi connectivity index (χ1) is 34.5. The second-order valence-electron chi connectivity index (χ2n) is 19.6. The maximum absolute atomic E-state index is 13.5. The fraction of sp³-hybridized carbons (Fsp3) is 0.424. The Morgan fingerprint density at radius 2 is 1.64 bits per heavy atom. The molecule has 0 radical (unpaired) electrons. The van der Waals surface area contributed by atoms with Gasteiger partial charge in [0, 0.05) is 74.1 Å². The van der Waals surface area contributed by atoms with Gasteiger partial charge in [0.25, 0.3) is 11.7 Å². The Bertz CT molecular complexity index is 2890. The van der Waals surface area contributed by atoms with Gasteiger partial charge in [0.1, 0.15) is 29.9 Å². The van der Waals surface area contributed by atoms with E-state index in [1.165, 1.54) is 16.0 Å². The van der Waals surface area contributed by atoms with Crippen LogP contribution in [0.5, 0.6) is 11.5 Å². The summed E-state index contributed by atoms with van der Waals surface area (Å²) in [4.78, 5) is 55.4. The molecule has 0 spiro atoms. The van der Waals surface area contributed by atoms with Gasteiger partial charge in [-0.15, -0.1) is 6.58 Å². The lowest BCUT2D eigenvalue weighted by atomic mass is 9.91. The summed E-state index contributed by atoms with van der Waals surface area (Å²) in [6.45, 7) is 27.8. The summed E-state index contributed by atoms with van der Waals surface area (Å²) in [6, 6.07) is 17.2. The number of likely N-dealkylation sites (N-methyl/N-ethyl adjacent to an activating group) is 1. The van der Waals surface area contributed by atoms with Gasteiger partial charge in [-0.2, -0.15) is 10.4 Å². The number of allylic oxidation sites excluding steroid dienone is 2. The third-order valence-electron chi connectivity index (χ3n) is 14.2. The van der Waals surface area contributed by atoms with Crippen molar-refractivity contribution >= 4 is 41.4 Å². The first-order valence-electron chi connectivity index (χ1n) is 25.2. The van der Waals surface area contributed by atoms with E-state index in [9.17, 15) is 24.4 Å². The Kier molecular flexibility index (Phi) is 18.9. The number of benzene rings is 3. The number of aldehydes is 1. The lowest BCUT2D eigenvalue weighted by Gasteiger charge is -2.32. The van der Waals surface area contributed by atoms with Gasteiger partial charge in [0.05, 0.1) is 29.4 Å². The van der Waals surface area contributed by atoms with E-state index in [1.807, 2.05) is 44.6 Å². The second-order valence-corrected chi connectivity index (χ2v) is 19.6. The van der Waals surface area contributed by atoms with Crippen molar-refractivity contribution < 1.29 is 28.7 Å². The molecule has 380 valence electrons. The summed E-state index contributed by atoms with van der Waals surface area (Å²) in [7, 11) is 4.14. The van der Waals surface area contributed by atoms with Crippen LogP contribution in [0, 0.1) is 44.9 Å². The SMILES string of the molecule is C=C(C)CCC(C(=C)C(C)C)N(C=O)C(=O)c1c(C)cccc1OCC=O.Cc1ccc2c(CCCOc3cccc4c3C=CCC4)c(C(=O)C#N)n(CCN3CCN(C)CC3)c2c1-c1c(C)nn(C)c1C. The molecule has 1 fully saturated rings. The Labute approximate surface area is 426 Å². The van der Waals surface area contributed by atoms with Gasteiger partial charge >= 0.3 is 0 Å². The predicted molar refractivity (Wildman–Crippen MR) is 287 cm³/mol. The van der Waals surface area contributed by atoms with E-state index in [0.717, 1.165) is 113 Å². The molecule has 0 N–H and O–H groups in total. The van der Waals surface area contributed by atoms with Crippen LogP contribution in [0.4, 0.5) is 0 Å². The van der Waals surface area contributed by atoms with Crippen molar-refractivity contribution in [2.45, 2.75) is 99.6 Å². The molecular formula is C59H73N7O6. The molecule has 2 amide bonds. The van der Waals surface area contributed by atoms with E-state index in [1.54, 1.807) is 25.1 Å². The average Bonchev–Trinajstić information content (AvgIpc) is 3.81. The van der Waals surface area contributed by atoms with E-state index in [0.29, 0.717) is 56.4 Å². The average molecular weight is 976 g/mol. The largest absolute Gasteiger partial charge is 0.493 e. The molecule has 2 aromatic heterocycles. The summed E-state index contributed by atoms with van der Waals surface area (Å²) < 4.78 is 15.8. The Hall–Kier alpha value is -6.88. The quantitative estimate of drug-likeness (QED) is 0.0229. The first-order valence-corrected chi connectivity index (χ1v) is 25.2. The standard InChI is InChI=1S/C37H44N6O2.C22H29NO4/c1-25-15-16-31-30(13-9-23-45-33-14-8-11-28-10-6-7-12-29(28)33)36(32(44)24-38)43(22-21-42-19-17-40(4)18-20-42)37(31)34(25)35-26(2)39-41(5)27(35)3;1-15(2)10-11-19(18(6)16(3)4)23(14-25)22(26)21-17(5)8-7-9-20(21)27-13-12-24/h7-8,11-12,14-16H,6,9-10,13,17-23H2,1-5H3;7-9,12,14,16,19H,1,6,10-11,13H2,2-5H3. The number of aromatic nitrogens is 3. The zero-order valence-electron chi connectivity index (χ0n) is 44.0. The summed E-state index contributed by atoms with van der Waals surface area (Å²) in [6.07, 6.45) is 10.2. The zero-order valence-corrected chi connectivity index (χ0v) is 44.0. The maximum atomic E-state index is 13.5. The minimum absolute atomic E-state index is 0.109. The van der Waals surface area contributed by atoms with E-state index < -0.39 is 17.7 Å². The smallest absolute Gasteiger partial charge is 0.278 e. The normalized spacial score (nSPS) is 14.0. The minimum atomic E-state index is -0.481. The molecule has 72 heavy (non-hydrogen) atoms.